The average Bonchev–Trinajstić information content (AvgIpc) is 2.49. The summed E-state index contributed by atoms with van der Waals surface area (Å²) in [5.74, 6) is -1.16. The highest BCUT2D eigenvalue weighted by Gasteiger charge is 2.25. The van der Waals surface area contributed by atoms with E-state index in [1.165, 1.54) is 0 Å². The molecular weight excluding hydrogens is 284 g/mol. The van der Waals surface area contributed by atoms with E-state index in [4.69, 9.17) is 11.5 Å². The first-order valence-electron chi connectivity index (χ1n) is 7.16. The van der Waals surface area contributed by atoms with Gasteiger partial charge in [0.2, 0.25) is 11.8 Å². The second-order valence-corrected chi connectivity index (χ2v) is 4.96. The van der Waals surface area contributed by atoms with Crippen molar-refractivity contribution in [2.45, 2.75) is 38.3 Å². The van der Waals surface area contributed by atoms with Crippen LogP contribution in [0.3, 0.4) is 0 Å². The van der Waals surface area contributed by atoms with Gasteiger partial charge in [-0.05, 0) is 12.0 Å². The van der Waals surface area contributed by atoms with E-state index in [-0.39, 0.29) is 0 Å². The van der Waals surface area contributed by atoms with E-state index in [1.807, 2.05) is 6.92 Å². The Morgan fingerprint density at radius 3 is 2.23 bits per heavy atom. The molecule has 0 unspecified atom stereocenters. The first-order chi connectivity index (χ1) is 10.5. The van der Waals surface area contributed by atoms with Crippen molar-refractivity contribution in [2.75, 3.05) is 0 Å². The summed E-state index contributed by atoms with van der Waals surface area (Å²) in [6.45, 7) is 1.97. The van der Waals surface area contributed by atoms with E-state index >= 15 is 0 Å². The summed E-state index contributed by atoms with van der Waals surface area (Å²) in [6, 6.07) is 6.14. The van der Waals surface area contributed by atoms with Gasteiger partial charge >= 0.3 is 6.03 Å². The number of amides is 4. The molecule has 7 nitrogen and oxygen atoms in total. The normalized spacial score (nSPS) is 13.0. The minimum Gasteiger partial charge on any atom is -0.368 e. The highest BCUT2D eigenvalue weighted by molar-refractivity contribution is 5.91. The lowest BCUT2D eigenvalue weighted by atomic mass is 10.0. The van der Waals surface area contributed by atoms with Crippen LogP contribution in [0.4, 0.5) is 4.79 Å². The summed E-state index contributed by atoms with van der Waals surface area (Å²) in [5.41, 5.74) is 11.0. The van der Waals surface area contributed by atoms with E-state index in [9.17, 15) is 14.4 Å². The Morgan fingerprint density at radius 2 is 1.73 bits per heavy atom. The molecule has 0 spiro atoms. The highest BCUT2D eigenvalue weighted by atomic mass is 16.2. The summed E-state index contributed by atoms with van der Waals surface area (Å²) < 4.78 is 0. The molecule has 1 aromatic rings. The van der Waals surface area contributed by atoms with Gasteiger partial charge in [0.05, 0.1) is 0 Å². The van der Waals surface area contributed by atoms with Crippen molar-refractivity contribution in [3.05, 3.63) is 35.9 Å². The summed E-state index contributed by atoms with van der Waals surface area (Å²) in [6.07, 6.45) is 2.04. The van der Waals surface area contributed by atoms with Crippen molar-refractivity contribution in [3.63, 3.8) is 0 Å². The van der Waals surface area contributed by atoms with Crippen LogP contribution >= 0.6 is 0 Å². The van der Waals surface area contributed by atoms with Crippen LogP contribution in [0.25, 0.3) is 0 Å². The van der Waals surface area contributed by atoms with Crippen LogP contribution in [0.5, 0.6) is 0 Å². The Labute approximate surface area is 129 Å². The van der Waals surface area contributed by atoms with Gasteiger partial charge in [0.15, 0.2) is 0 Å². The number of benzene rings is 1. The fraction of sp³-hybridized carbons (Fsp3) is 0.400. The second kappa shape index (κ2) is 8.66. The zero-order valence-corrected chi connectivity index (χ0v) is 12.5. The molecule has 0 aliphatic rings. The molecule has 0 saturated heterocycles. The molecule has 1 rings (SSSR count). The maximum Gasteiger partial charge on any atom is 0.312 e. The van der Waals surface area contributed by atoms with Crippen LogP contribution in [0.1, 0.15) is 37.8 Å². The van der Waals surface area contributed by atoms with E-state index in [0.29, 0.717) is 12.0 Å². The molecule has 0 fully saturated rings. The van der Waals surface area contributed by atoms with E-state index in [0.717, 1.165) is 12.8 Å². The Morgan fingerprint density at radius 1 is 1.09 bits per heavy atom. The zero-order chi connectivity index (χ0) is 16.5. The largest absolute Gasteiger partial charge is 0.368 e. The Balaban J connectivity index is 2.83. The summed E-state index contributed by atoms with van der Waals surface area (Å²) in [5, 5.41) is 4.95. The molecule has 7 heteroatoms. The monoisotopic (exact) mass is 306 g/mol. The summed E-state index contributed by atoms with van der Waals surface area (Å²) in [4.78, 5) is 34.9. The predicted octanol–water partition coefficient (Wildman–Crippen LogP) is 0.556. The molecule has 1 aromatic carbocycles. The molecule has 0 bridgehead atoms. The van der Waals surface area contributed by atoms with Crippen LogP contribution < -0.4 is 22.1 Å². The lowest BCUT2D eigenvalue weighted by Crippen LogP contribution is -2.50. The maximum atomic E-state index is 12.3. The van der Waals surface area contributed by atoms with Gasteiger partial charge in [0.1, 0.15) is 12.1 Å². The molecule has 0 saturated carbocycles. The molecule has 4 amide bonds. The first kappa shape index (κ1) is 17.5. The van der Waals surface area contributed by atoms with Crippen molar-refractivity contribution >= 4 is 17.8 Å². The van der Waals surface area contributed by atoms with Gasteiger partial charge in [-0.1, -0.05) is 50.1 Å². The molecule has 0 aromatic heterocycles. The number of carbonyl (C=O) groups excluding carboxylic acids is 3. The molecule has 2 atom stereocenters. The number of carbonyl (C=O) groups is 3. The average molecular weight is 306 g/mol. The Bertz CT molecular complexity index is 519. The number of nitrogens with two attached hydrogens (primary N) is 2. The molecule has 6 N–H and O–H groups in total. The first-order valence-corrected chi connectivity index (χ1v) is 7.16. The molecule has 0 aliphatic carbocycles. The molecule has 0 heterocycles. The fourth-order valence-electron chi connectivity index (χ4n) is 2.06. The lowest BCUT2D eigenvalue weighted by Gasteiger charge is -2.21. The number of hydrogen-bond acceptors (Lipinski definition) is 3. The van der Waals surface area contributed by atoms with Crippen molar-refractivity contribution < 1.29 is 14.4 Å². The SMILES string of the molecule is CCCC[C@@H](NC(N)=O)C(=O)N[C@H](C(N)=O)c1ccccc1. The smallest absolute Gasteiger partial charge is 0.312 e. The predicted molar refractivity (Wildman–Crippen MR) is 82.6 cm³/mol. The molecule has 22 heavy (non-hydrogen) atoms. The second-order valence-electron chi connectivity index (χ2n) is 4.96. The number of hydrogen-bond donors (Lipinski definition) is 4. The van der Waals surface area contributed by atoms with Crippen LogP contribution in [0.2, 0.25) is 0 Å². The van der Waals surface area contributed by atoms with Gasteiger partial charge < -0.3 is 22.1 Å². The number of rotatable bonds is 8. The Kier molecular flexibility index (Phi) is 6.88. The summed E-state index contributed by atoms with van der Waals surface area (Å²) >= 11 is 0. The lowest BCUT2D eigenvalue weighted by molar-refractivity contribution is -0.128. The maximum absolute atomic E-state index is 12.3. The molecule has 120 valence electrons. The number of urea groups is 1. The van der Waals surface area contributed by atoms with Crippen LogP contribution in [-0.2, 0) is 9.59 Å². The quantitative estimate of drug-likeness (QED) is 0.560. The van der Waals surface area contributed by atoms with Crippen LogP contribution in [0.15, 0.2) is 30.3 Å². The molecule has 0 radical (unpaired) electrons. The van der Waals surface area contributed by atoms with Crippen molar-refractivity contribution in [1.82, 2.24) is 10.6 Å². The van der Waals surface area contributed by atoms with Gasteiger partial charge in [0, 0.05) is 0 Å². The van der Waals surface area contributed by atoms with E-state index in [1.54, 1.807) is 30.3 Å². The van der Waals surface area contributed by atoms with Crippen molar-refractivity contribution in [3.8, 4) is 0 Å². The highest BCUT2D eigenvalue weighted by Crippen LogP contribution is 2.13. The minimum absolute atomic E-state index is 0.436. The fourth-order valence-corrected chi connectivity index (χ4v) is 2.06. The van der Waals surface area contributed by atoms with Gasteiger partial charge in [-0.2, -0.15) is 0 Å². The molecule has 0 aliphatic heterocycles. The van der Waals surface area contributed by atoms with Crippen molar-refractivity contribution in [1.29, 1.82) is 0 Å². The Hall–Kier alpha value is -2.57. The third-order valence-corrected chi connectivity index (χ3v) is 3.18. The standard InChI is InChI=1S/C15H22N4O3/c1-2-3-9-11(18-15(17)22)14(21)19-12(13(16)20)10-7-5-4-6-8-10/h4-8,11-12H,2-3,9H2,1H3,(H2,16,20)(H,19,21)(H3,17,18,22)/t11-,12+/m1/s1. The topological polar surface area (TPSA) is 127 Å². The van der Waals surface area contributed by atoms with Crippen LogP contribution in [-0.4, -0.2) is 23.9 Å². The van der Waals surface area contributed by atoms with Gasteiger partial charge in [-0.15, -0.1) is 0 Å². The third kappa shape index (κ3) is 5.43. The van der Waals surface area contributed by atoms with Gasteiger partial charge in [0.25, 0.3) is 0 Å². The van der Waals surface area contributed by atoms with E-state index in [2.05, 4.69) is 10.6 Å². The third-order valence-electron chi connectivity index (χ3n) is 3.18. The van der Waals surface area contributed by atoms with E-state index < -0.39 is 29.9 Å². The van der Waals surface area contributed by atoms with Crippen molar-refractivity contribution in [2.24, 2.45) is 11.5 Å². The number of primary amides is 2. The van der Waals surface area contributed by atoms with Crippen LogP contribution in [0, 0.1) is 0 Å². The van der Waals surface area contributed by atoms with Gasteiger partial charge in [-0.3, -0.25) is 9.59 Å². The number of unbranched alkanes of at least 4 members (excludes halogenated alkanes) is 1. The zero-order valence-electron chi connectivity index (χ0n) is 12.5. The minimum atomic E-state index is -0.951. The number of nitrogens with one attached hydrogen (secondary N) is 2. The molecular formula is C15H22N4O3. The summed E-state index contributed by atoms with van der Waals surface area (Å²) in [7, 11) is 0. The van der Waals surface area contributed by atoms with Gasteiger partial charge in [-0.25, -0.2) is 4.79 Å².